The maximum Gasteiger partial charge on any atom is 0.310 e. The monoisotopic (exact) mass is 520 g/mol. The van der Waals surface area contributed by atoms with Gasteiger partial charge in [-0.05, 0) is 53.4 Å². The minimum atomic E-state index is -0.574. The van der Waals surface area contributed by atoms with Crippen molar-refractivity contribution in [1.29, 1.82) is 0 Å². The molecule has 0 amide bonds. The second-order valence-electron chi connectivity index (χ2n) is 9.21. The number of carbonyl (C=O) groups excluding carboxylic acids is 1. The summed E-state index contributed by atoms with van der Waals surface area (Å²) in [5.41, 5.74) is 3.75. The van der Waals surface area contributed by atoms with E-state index < -0.39 is 5.92 Å². The summed E-state index contributed by atoms with van der Waals surface area (Å²) in [6, 6.07) is 17.5. The molecule has 0 spiro atoms. The lowest BCUT2D eigenvalue weighted by molar-refractivity contribution is -0.146. The van der Waals surface area contributed by atoms with Gasteiger partial charge in [0, 0.05) is 30.6 Å². The zero-order valence-corrected chi connectivity index (χ0v) is 22.0. The van der Waals surface area contributed by atoms with Crippen molar-refractivity contribution in [3.8, 4) is 28.7 Å². The highest BCUT2D eigenvalue weighted by atomic mass is 16.7. The molecule has 3 aromatic rings. The molecule has 1 aliphatic heterocycles. The van der Waals surface area contributed by atoms with Gasteiger partial charge in [0.25, 0.3) is 0 Å². The molecule has 8 heteroatoms. The van der Waals surface area contributed by atoms with Crippen LogP contribution in [-0.2, 0) is 14.3 Å². The van der Waals surface area contributed by atoms with Crippen molar-refractivity contribution < 1.29 is 38.0 Å². The van der Waals surface area contributed by atoms with Crippen LogP contribution in [-0.4, -0.2) is 47.5 Å². The Morgan fingerprint density at radius 1 is 0.842 bits per heavy atom. The molecule has 3 aromatic carbocycles. The van der Waals surface area contributed by atoms with Gasteiger partial charge in [0.1, 0.15) is 17.2 Å². The molecule has 0 unspecified atom stereocenters. The van der Waals surface area contributed by atoms with Crippen molar-refractivity contribution in [1.82, 2.24) is 0 Å². The molecule has 0 radical (unpaired) electrons. The number of hydrogen-bond donors (Lipinski definition) is 0. The van der Waals surface area contributed by atoms with E-state index in [9.17, 15) is 4.79 Å². The summed E-state index contributed by atoms with van der Waals surface area (Å²) in [5, 5.41) is 0. The van der Waals surface area contributed by atoms with Crippen LogP contribution in [0.4, 0.5) is 0 Å². The first-order valence-corrected chi connectivity index (χ1v) is 12.6. The third-order valence-electron chi connectivity index (χ3n) is 7.04. The van der Waals surface area contributed by atoms with Crippen LogP contribution in [0.2, 0.25) is 0 Å². The van der Waals surface area contributed by atoms with Crippen LogP contribution in [0.15, 0.2) is 54.6 Å². The fraction of sp³-hybridized carbons (Fsp3) is 0.367. The second-order valence-corrected chi connectivity index (χ2v) is 9.21. The number of ether oxygens (including phenoxy) is 7. The summed E-state index contributed by atoms with van der Waals surface area (Å²) in [6.45, 7) is 2.89. The highest BCUT2D eigenvalue weighted by molar-refractivity contribution is 5.80. The zero-order chi connectivity index (χ0) is 26.6. The first-order valence-electron chi connectivity index (χ1n) is 12.6. The minimum Gasteiger partial charge on any atom is -0.497 e. The van der Waals surface area contributed by atoms with Gasteiger partial charge in [0.05, 0.1) is 26.7 Å². The fourth-order valence-electron chi connectivity index (χ4n) is 5.40. The predicted molar refractivity (Wildman–Crippen MR) is 139 cm³/mol. The molecule has 0 aromatic heterocycles. The molecule has 0 saturated carbocycles. The summed E-state index contributed by atoms with van der Waals surface area (Å²) in [5.74, 6) is 1.74. The third kappa shape index (κ3) is 4.72. The molecule has 0 saturated heterocycles. The molecule has 8 nitrogen and oxygen atoms in total. The minimum absolute atomic E-state index is 0.0495. The number of fused-ring (bicyclic) bond motifs is 2. The maximum absolute atomic E-state index is 13.6. The van der Waals surface area contributed by atoms with E-state index in [1.54, 1.807) is 14.2 Å². The van der Waals surface area contributed by atoms with Crippen molar-refractivity contribution >= 4 is 5.97 Å². The lowest BCUT2D eigenvalue weighted by Crippen LogP contribution is -2.26. The van der Waals surface area contributed by atoms with Crippen molar-refractivity contribution in [2.45, 2.75) is 25.2 Å². The maximum atomic E-state index is 13.6. The number of rotatable bonds is 10. The Morgan fingerprint density at radius 2 is 1.63 bits per heavy atom. The van der Waals surface area contributed by atoms with Crippen LogP contribution in [0.3, 0.4) is 0 Å². The van der Waals surface area contributed by atoms with Crippen LogP contribution < -0.4 is 23.7 Å². The molecular weight excluding hydrogens is 488 g/mol. The zero-order valence-electron chi connectivity index (χ0n) is 22.0. The molecule has 3 atom stereocenters. The van der Waals surface area contributed by atoms with E-state index in [1.165, 1.54) is 7.11 Å². The van der Waals surface area contributed by atoms with Gasteiger partial charge in [-0.3, -0.25) is 4.79 Å². The normalized spacial score (nSPS) is 19.1. The highest BCUT2D eigenvalue weighted by Gasteiger charge is 2.48. The predicted octanol–water partition coefficient (Wildman–Crippen LogP) is 5.26. The molecule has 1 aliphatic carbocycles. The molecule has 38 heavy (non-hydrogen) atoms. The number of esters is 1. The van der Waals surface area contributed by atoms with E-state index >= 15 is 0 Å². The molecule has 0 N–H and O–H groups in total. The molecule has 0 fully saturated rings. The highest BCUT2D eigenvalue weighted by Crippen LogP contribution is 2.56. The van der Waals surface area contributed by atoms with Gasteiger partial charge in [-0.25, -0.2) is 0 Å². The SMILES string of the molecule is CCCOc1ccc2c(c1)[C@@H](c1ccc(OC)cc1OCOC)[C@H](C(=O)OC)[C@H]2c1ccc2c(c1)OCO2. The largest absolute Gasteiger partial charge is 0.497 e. The Hall–Kier alpha value is -3.91. The quantitative estimate of drug-likeness (QED) is 0.265. The summed E-state index contributed by atoms with van der Waals surface area (Å²) in [4.78, 5) is 13.6. The smallest absolute Gasteiger partial charge is 0.310 e. The van der Waals surface area contributed by atoms with E-state index in [1.807, 2.05) is 54.6 Å². The van der Waals surface area contributed by atoms with E-state index in [0.717, 1.165) is 34.4 Å². The average Bonchev–Trinajstić information content (AvgIpc) is 3.56. The van der Waals surface area contributed by atoms with Crippen molar-refractivity contribution in [3.05, 3.63) is 76.9 Å². The molecule has 5 rings (SSSR count). The fourth-order valence-corrected chi connectivity index (χ4v) is 5.40. The summed E-state index contributed by atoms with van der Waals surface area (Å²) >= 11 is 0. The van der Waals surface area contributed by atoms with Gasteiger partial charge in [-0.2, -0.15) is 0 Å². The van der Waals surface area contributed by atoms with Crippen molar-refractivity contribution in [2.75, 3.05) is 41.5 Å². The molecule has 0 bridgehead atoms. The van der Waals surface area contributed by atoms with Gasteiger partial charge < -0.3 is 33.2 Å². The lowest BCUT2D eigenvalue weighted by atomic mass is 9.79. The van der Waals surface area contributed by atoms with Crippen LogP contribution >= 0.6 is 0 Å². The van der Waals surface area contributed by atoms with Gasteiger partial charge in [-0.15, -0.1) is 0 Å². The van der Waals surface area contributed by atoms with E-state index in [-0.39, 0.29) is 31.4 Å². The van der Waals surface area contributed by atoms with Crippen molar-refractivity contribution in [2.24, 2.45) is 5.92 Å². The second kappa shape index (κ2) is 11.2. The Bertz CT molecular complexity index is 1300. The first kappa shape index (κ1) is 25.7. The standard InChI is InChI=1S/C30H32O8/c1-5-12-35-20-8-9-21-23(14-20)28(22-10-7-19(33-3)15-25(22)36-16-32-2)29(30(31)34-4)27(21)18-6-11-24-26(13-18)38-17-37-24/h6-11,13-15,27-29H,5,12,16-17H2,1-4H3/t27-,28+,29+/m0/s1. The average molecular weight is 521 g/mol. The molecule has 1 heterocycles. The lowest BCUT2D eigenvalue weighted by Gasteiger charge is -2.26. The summed E-state index contributed by atoms with van der Waals surface area (Å²) < 4.78 is 39.2. The Labute approximate surface area is 222 Å². The Kier molecular flexibility index (Phi) is 7.60. The number of carbonyl (C=O) groups is 1. The summed E-state index contributed by atoms with van der Waals surface area (Å²) in [6.07, 6.45) is 0.888. The van der Waals surface area contributed by atoms with E-state index in [2.05, 4.69) is 6.92 Å². The summed E-state index contributed by atoms with van der Waals surface area (Å²) in [7, 11) is 4.59. The van der Waals surface area contributed by atoms with Crippen LogP contribution in [0.5, 0.6) is 28.7 Å². The third-order valence-corrected chi connectivity index (χ3v) is 7.04. The van der Waals surface area contributed by atoms with Gasteiger partial charge in [-0.1, -0.05) is 25.1 Å². The molecular formula is C30H32O8. The molecule has 200 valence electrons. The van der Waals surface area contributed by atoms with Crippen LogP contribution in [0.1, 0.15) is 47.4 Å². The first-order chi connectivity index (χ1) is 18.6. The number of benzene rings is 3. The van der Waals surface area contributed by atoms with Gasteiger partial charge in [0.15, 0.2) is 18.3 Å². The van der Waals surface area contributed by atoms with Gasteiger partial charge in [0.2, 0.25) is 6.79 Å². The van der Waals surface area contributed by atoms with E-state index in [4.69, 9.17) is 33.2 Å². The van der Waals surface area contributed by atoms with Crippen LogP contribution in [0, 0.1) is 5.92 Å². The molecule has 2 aliphatic rings. The topological polar surface area (TPSA) is 81.7 Å². The van der Waals surface area contributed by atoms with Crippen LogP contribution in [0.25, 0.3) is 0 Å². The van der Waals surface area contributed by atoms with E-state index in [0.29, 0.717) is 29.6 Å². The Morgan fingerprint density at radius 3 is 2.39 bits per heavy atom. The van der Waals surface area contributed by atoms with Gasteiger partial charge >= 0.3 is 5.97 Å². The number of hydrogen-bond acceptors (Lipinski definition) is 8. The van der Waals surface area contributed by atoms with Crippen molar-refractivity contribution in [3.63, 3.8) is 0 Å². The Balaban J connectivity index is 1.70. The number of methoxy groups -OCH3 is 3.